The van der Waals surface area contributed by atoms with Crippen molar-refractivity contribution in [3.63, 3.8) is 0 Å². The van der Waals surface area contributed by atoms with Crippen LogP contribution in [0.15, 0.2) is 0 Å². The Morgan fingerprint density at radius 2 is 1.88 bits per heavy atom. The van der Waals surface area contributed by atoms with E-state index in [4.69, 9.17) is 0 Å². The molecule has 1 fully saturated rings. The molecule has 2 nitrogen and oxygen atoms in total. The number of aliphatic hydroxyl groups excluding tert-OH is 1. The molecule has 0 aromatic heterocycles. The second-order valence-corrected chi connectivity index (χ2v) is 5.69. The molecular formula is C14H29NO. The van der Waals surface area contributed by atoms with Gasteiger partial charge in [0.2, 0.25) is 0 Å². The van der Waals surface area contributed by atoms with E-state index in [0.717, 1.165) is 18.3 Å². The molecule has 0 aromatic carbocycles. The molecule has 0 saturated carbocycles. The fraction of sp³-hybridized carbons (Fsp3) is 1.00. The maximum absolute atomic E-state index is 9.90. The molecule has 0 radical (unpaired) electrons. The Morgan fingerprint density at radius 1 is 1.19 bits per heavy atom. The minimum absolute atomic E-state index is 0.157. The van der Waals surface area contributed by atoms with Crippen molar-refractivity contribution in [2.24, 2.45) is 11.8 Å². The van der Waals surface area contributed by atoms with Crippen molar-refractivity contribution in [2.45, 2.75) is 65.5 Å². The Hall–Kier alpha value is -0.0800. The fourth-order valence-electron chi connectivity index (χ4n) is 2.80. The second kappa shape index (κ2) is 6.61. The molecule has 1 aliphatic rings. The largest absolute Gasteiger partial charge is 0.392 e. The molecule has 3 unspecified atom stereocenters. The van der Waals surface area contributed by atoms with E-state index in [1.165, 1.54) is 32.4 Å². The van der Waals surface area contributed by atoms with E-state index in [0.29, 0.717) is 6.04 Å². The second-order valence-electron chi connectivity index (χ2n) is 5.69. The standard InChI is InChI=1S/C14H29NO/c1-5-14(16)12(4)15-9-6-7-13(8-10-15)11(2)3/h11-14,16H,5-10H2,1-4H3. The molecule has 16 heavy (non-hydrogen) atoms. The number of aliphatic hydroxyl groups is 1. The zero-order valence-electron chi connectivity index (χ0n) is 11.4. The predicted molar refractivity (Wildman–Crippen MR) is 69.5 cm³/mol. The first kappa shape index (κ1) is 14.0. The zero-order valence-corrected chi connectivity index (χ0v) is 11.4. The third-order valence-corrected chi connectivity index (χ3v) is 4.30. The van der Waals surface area contributed by atoms with Gasteiger partial charge in [0.1, 0.15) is 0 Å². The first-order valence-corrected chi connectivity index (χ1v) is 6.98. The van der Waals surface area contributed by atoms with Gasteiger partial charge in [-0.25, -0.2) is 0 Å². The molecule has 3 atom stereocenters. The van der Waals surface area contributed by atoms with E-state index in [9.17, 15) is 5.11 Å². The lowest BCUT2D eigenvalue weighted by atomic mass is 9.89. The van der Waals surface area contributed by atoms with Crippen LogP contribution in [0.25, 0.3) is 0 Å². The minimum atomic E-state index is -0.157. The van der Waals surface area contributed by atoms with Crippen LogP contribution in [-0.4, -0.2) is 35.2 Å². The van der Waals surface area contributed by atoms with Crippen molar-refractivity contribution in [3.05, 3.63) is 0 Å². The van der Waals surface area contributed by atoms with Crippen molar-refractivity contribution < 1.29 is 5.11 Å². The van der Waals surface area contributed by atoms with Crippen molar-refractivity contribution in [1.82, 2.24) is 4.90 Å². The van der Waals surface area contributed by atoms with Crippen LogP contribution >= 0.6 is 0 Å². The van der Waals surface area contributed by atoms with Gasteiger partial charge in [0.05, 0.1) is 6.10 Å². The van der Waals surface area contributed by atoms with Gasteiger partial charge in [-0.15, -0.1) is 0 Å². The maximum Gasteiger partial charge on any atom is 0.0690 e. The number of hydrogen-bond acceptors (Lipinski definition) is 2. The molecular weight excluding hydrogens is 198 g/mol. The molecule has 2 heteroatoms. The molecule has 0 amide bonds. The van der Waals surface area contributed by atoms with E-state index in [-0.39, 0.29) is 6.10 Å². The summed E-state index contributed by atoms with van der Waals surface area (Å²) in [6, 6.07) is 0.330. The lowest BCUT2D eigenvalue weighted by molar-refractivity contribution is 0.0569. The summed E-state index contributed by atoms with van der Waals surface area (Å²) < 4.78 is 0. The van der Waals surface area contributed by atoms with E-state index in [1.807, 2.05) is 0 Å². The topological polar surface area (TPSA) is 23.5 Å². The Labute approximate surface area is 101 Å². The Kier molecular flexibility index (Phi) is 5.77. The summed E-state index contributed by atoms with van der Waals surface area (Å²) in [4.78, 5) is 2.48. The van der Waals surface area contributed by atoms with Gasteiger partial charge in [-0.05, 0) is 57.5 Å². The quantitative estimate of drug-likeness (QED) is 0.798. The van der Waals surface area contributed by atoms with Gasteiger partial charge in [-0.3, -0.25) is 4.90 Å². The monoisotopic (exact) mass is 227 g/mol. The SMILES string of the molecule is CCC(O)C(C)N1CCCC(C(C)C)CC1. The highest BCUT2D eigenvalue weighted by Crippen LogP contribution is 2.25. The summed E-state index contributed by atoms with van der Waals surface area (Å²) >= 11 is 0. The smallest absolute Gasteiger partial charge is 0.0690 e. The third-order valence-electron chi connectivity index (χ3n) is 4.30. The summed E-state index contributed by atoms with van der Waals surface area (Å²) in [5.41, 5.74) is 0. The van der Waals surface area contributed by atoms with Crippen LogP contribution in [0.4, 0.5) is 0 Å². The zero-order chi connectivity index (χ0) is 12.1. The van der Waals surface area contributed by atoms with Gasteiger partial charge in [0, 0.05) is 6.04 Å². The Balaban J connectivity index is 2.46. The first-order valence-electron chi connectivity index (χ1n) is 6.98. The normalized spacial score (nSPS) is 27.8. The van der Waals surface area contributed by atoms with Crippen LogP contribution in [0.5, 0.6) is 0 Å². The van der Waals surface area contributed by atoms with E-state index >= 15 is 0 Å². The molecule has 96 valence electrons. The summed E-state index contributed by atoms with van der Waals surface area (Å²) in [6.45, 7) is 11.2. The molecule has 0 aromatic rings. The van der Waals surface area contributed by atoms with Gasteiger partial charge in [0.25, 0.3) is 0 Å². The van der Waals surface area contributed by atoms with Crippen LogP contribution < -0.4 is 0 Å². The van der Waals surface area contributed by atoms with Gasteiger partial charge in [-0.2, -0.15) is 0 Å². The molecule has 1 N–H and O–H groups in total. The number of rotatable bonds is 4. The summed E-state index contributed by atoms with van der Waals surface area (Å²) in [7, 11) is 0. The number of likely N-dealkylation sites (tertiary alicyclic amines) is 1. The molecule has 1 rings (SSSR count). The molecule has 0 spiro atoms. The molecule has 0 aliphatic carbocycles. The lowest BCUT2D eigenvalue weighted by Gasteiger charge is -2.31. The maximum atomic E-state index is 9.90. The third kappa shape index (κ3) is 3.74. The number of nitrogens with zero attached hydrogens (tertiary/aromatic N) is 1. The van der Waals surface area contributed by atoms with Crippen LogP contribution in [0.3, 0.4) is 0 Å². The highest BCUT2D eigenvalue weighted by Gasteiger charge is 2.25. The lowest BCUT2D eigenvalue weighted by Crippen LogP contribution is -2.41. The average molecular weight is 227 g/mol. The average Bonchev–Trinajstić information content (AvgIpc) is 2.52. The highest BCUT2D eigenvalue weighted by atomic mass is 16.3. The summed E-state index contributed by atoms with van der Waals surface area (Å²) in [5, 5.41) is 9.90. The van der Waals surface area contributed by atoms with Crippen molar-refractivity contribution in [3.8, 4) is 0 Å². The molecule has 0 bridgehead atoms. The van der Waals surface area contributed by atoms with Crippen LogP contribution in [0.2, 0.25) is 0 Å². The van der Waals surface area contributed by atoms with E-state index < -0.39 is 0 Å². The first-order chi connectivity index (χ1) is 7.56. The van der Waals surface area contributed by atoms with Crippen molar-refractivity contribution >= 4 is 0 Å². The highest BCUT2D eigenvalue weighted by molar-refractivity contribution is 4.79. The molecule has 1 saturated heterocycles. The summed E-state index contributed by atoms with van der Waals surface area (Å²) in [5.74, 6) is 1.70. The summed E-state index contributed by atoms with van der Waals surface area (Å²) in [6.07, 6.45) is 4.67. The Bertz CT molecular complexity index is 193. The fourth-order valence-corrected chi connectivity index (χ4v) is 2.80. The van der Waals surface area contributed by atoms with Crippen LogP contribution in [0.1, 0.15) is 53.4 Å². The van der Waals surface area contributed by atoms with Crippen LogP contribution in [-0.2, 0) is 0 Å². The van der Waals surface area contributed by atoms with Crippen LogP contribution in [0, 0.1) is 11.8 Å². The minimum Gasteiger partial charge on any atom is -0.392 e. The van der Waals surface area contributed by atoms with E-state index in [2.05, 4.69) is 32.6 Å². The van der Waals surface area contributed by atoms with Gasteiger partial charge >= 0.3 is 0 Å². The van der Waals surface area contributed by atoms with Gasteiger partial charge in [-0.1, -0.05) is 20.8 Å². The Morgan fingerprint density at radius 3 is 2.44 bits per heavy atom. The van der Waals surface area contributed by atoms with Crippen molar-refractivity contribution in [2.75, 3.05) is 13.1 Å². The van der Waals surface area contributed by atoms with Gasteiger partial charge < -0.3 is 5.11 Å². The van der Waals surface area contributed by atoms with Gasteiger partial charge in [0.15, 0.2) is 0 Å². The predicted octanol–water partition coefficient (Wildman–Crippen LogP) is 2.90. The molecule has 1 aliphatic heterocycles. The van der Waals surface area contributed by atoms with Crippen molar-refractivity contribution in [1.29, 1.82) is 0 Å². The number of hydrogen-bond donors (Lipinski definition) is 1. The van der Waals surface area contributed by atoms with E-state index in [1.54, 1.807) is 0 Å². The molecule has 1 heterocycles.